The number of hydrogen-bond acceptors (Lipinski definition) is 5. The van der Waals surface area contributed by atoms with Gasteiger partial charge in [0.25, 0.3) is 5.91 Å². The summed E-state index contributed by atoms with van der Waals surface area (Å²) < 4.78 is 42.9. The summed E-state index contributed by atoms with van der Waals surface area (Å²) >= 11 is 1.28. The van der Waals surface area contributed by atoms with E-state index in [4.69, 9.17) is 10.5 Å². The summed E-state index contributed by atoms with van der Waals surface area (Å²) in [5, 5.41) is 4.81. The molecular weight excluding hydrogens is 367 g/mol. The average Bonchev–Trinajstić information content (AvgIpc) is 3.00. The van der Waals surface area contributed by atoms with Crippen LogP contribution in [-0.2, 0) is 12.7 Å². The molecule has 0 unspecified atom stereocenters. The zero-order valence-electron chi connectivity index (χ0n) is 12.3. The molecule has 0 spiro atoms. The number of hydrogen-bond donors (Lipinski definition) is 2. The van der Waals surface area contributed by atoms with E-state index in [2.05, 4.69) is 10.3 Å². The van der Waals surface area contributed by atoms with Gasteiger partial charge >= 0.3 is 6.18 Å². The van der Waals surface area contributed by atoms with E-state index in [1.54, 1.807) is 5.38 Å². The first kappa shape index (κ1) is 20.2. The SMILES string of the molecule is Cl.NCc1nc(C(=O)NCCOc2cccc(C(F)(F)F)c2)cs1. The van der Waals surface area contributed by atoms with Gasteiger partial charge in [-0.1, -0.05) is 6.07 Å². The monoisotopic (exact) mass is 381 g/mol. The Bertz CT molecular complexity index is 679. The third-order valence-electron chi connectivity index (χ3n) is 2.78. The van der Waals surface area contributed by atoms with Gasteiger partial charge in [-0.05, 0) is 18.2 Å². The van der Waals surface area contributed by atoms with Crippen LogP contribution in [0.4, 0.5) is 13.2 Å². The largest absolute Gasteiger partial charge is 0.492 e. The molecule has 24 heavy (non-hydrogen) atoms. The van der Waals surface area contributed by atoms with E-state index in [1.165, 1.54) is 23.5 Å². The normalized spacial score (nSPS) is 10.8. The van der Waals surface area contributed by atoms with Gasteiger partial charge in [-0.2, -0.15) is 13.2 Å². The van der Waals surface area contributed by atoms with Gasteiger partial charge in [0.15, 0.2) is 0 Å². The van der Waals surface area contributed by atoms with Crippen LogP contribution in [0, 0.1) is 0 Å². The minimum atomic E-state index is -4.42. The fourth-order valence-electron chi connectivity index (χ4n) is 1.70. The molecule has 1 heterocycles. The number of amides is 1. The number of nitrogens with zero attached hydrogens (tertiary/aromatic N) is 1. The van der Waals surface area contributed by atoms with Crippen molar-refractivity contribution in [1.82, 2.24) is 10.3 Å². The van der Waals surface area contributed by atoms with E-state index in [0.29, 0.717) is 5.01 Å². The predicted octanol–water partition coefficient (Wildman–Crippen LogP) is 2.85. The first-order chi connectivity index (χ1) is 10.9. The van der Waals surface area contributed by atoms with Crippen molar-refractivity contribution >= 4 is 29.7 Å². The summed E-state index contributed by atoms with van der Waals surface area (Å²) in [6, 6.07) is 4.56. The summed E-state index contributed by atoms with van der Waals surface area (Å²) in [6.07, 6.45) is -4.42. The molecule has 10 heteroatoms. The Labute approximate surface area is 146 Å². The van der Waals surface area contributed by atoms with Crippen molar-refractivity contribution in [3.05, 3.63) is 45.9 Å². The quantitative estimate of drug-likeness (QED) is 0.754. The van der Waals surface area contributed by atoms with Gasteiger partial charge in [0.2, 0.25) is 0 Å². The van der Waals surface area contributed by atoms with E-state index in [1.807, 2.05) is 0 Å². The summed E-state index contributed by atoms with van der Waals surface area (Å²) in [5.41, 5.74) is 4.89. The summed E-state index contributed by atoms with van der Waals surface area (Å²) in [7, 11) is 0. The van der Waals surface area contributed by atoms with Gasteiger partial charge in [0.05, 0.1) is 12.1 Å². The molecule has 5 nitrogen and oxygen atoms in total. The topological polar surface area (TPSA) is 77.2 Å². The molecular formula is C14H15ClF3N3O2S. The van der Waals surface area contributed by atoms with Crippen LogP contribution in [0.2, 0.25) is 0 Å². The minimum absolute atomic E-state index is 0. The number of alkyl halides is 3. The van der Waals surface area contributed by atoms with E-state index < -0.39 is 11.7 Å². The van der Waals surface area contributed by atoms with Crippen LogP contribution in [0.15, 0.2) is 29.6 Å². The Morgan fingerprint density at radius 3 is 2.75 bits per heavy atom. The highest BCUT2D eigenvalue weighted by atomic mass is 35.5. The first-order valence-electron chi connectivity index (χ1n) is 6.63. The first-order valence-corrected chi connectivity index (χ1v) is 7.51. The lowest BCUT2D eigenvalue weighted by molar-refractivity contribution is -0.137. The number of nitrogens with two attached hydrogens (primary N) is 1. The molecule has 1 amide bonds. The molecule has 0 bridgehead atoms. The van der Waals surface area contributed by atoms with Crippen LogP contribution in [0.25, 0.3) is 0 Å². The lowest BCUT2D eigenvalue weighted by Gasteiger charge is -2.10. The second-order valence-electron chi connectivity index (χ2n) is 4.46. The number of nitrogens with one attached hydrogen (secondary N) is 1. The number of aromatic nitrogens is 1. The number of carbonyl (C=O) groups excluding carboxylic acids is 1. The third kappa shape index (κ3) is 5.66. The molecule has 0 aliphatic rings. The molecule has 1 aromatic carbocycles. The number of halogens is 4. The van der Waals surface area contributed by atoms with Crippen molar-refractivity contribution in [3.63, 3.8) is 0 Å². The maximum Gasteiger partial charge on any atom is 0.416 e. The zero-order chi connectivity index (χ0) is 16.9. The van der Waals surface area contributed by atoms with Gasteiger partial charge in [-0.25, -0.2) is 4.98 Å². The van der Waals surface area contributed by atoms with Crippen LogP contribution in [-0.4, -0.2) is 24.0 Å². The maximum absolute atomic E-state index is 12.6. The van der Waals surface area contributed by atoms with Gasteiger partial charge in [0.1, 0.15) is 23.1 Å². The average molecular weight is 382 g/mol. The van der Waals surface area contributed by atoms with E-state index in [9.17, 15) is 18.0 Å². The summed E-state index contributed by atoms with van der Waals surface area (Å²) in [4.78, 5) is 15.8. The Balaban J connectivity index is 0.00000288. The minimum Gasteiger partial charge on any atom is -0.492 e. The Morgan fingerprint density at radius 1 is 1.38 bits per heavy atom. The molecule has 132 valence electrons. The number of rotatable bonds is 6. The standard InChI is InChI=1S/C14H14F3N3O2S.ClH/c15-14(16,17)9-2-1-3-10(6-9)22-5-4-19-13(21)11-8-23-12(7-18)20-11;/h1-3,6,8H,4-5,7,18H2,(H,19,21);1H. The molecule has 0 aliphatic carbocycles. The summed E-state index contributed by atoms with van der Waals surface area (Å²) in [6.45, 7) is 0.447. The van der Waals surface area contributed by atoms with Crippen LogP contribution < -0.4 is 15.8 Å². The second kappa shape index (κ2) is 8.86. The van der Waals surface area contributed by atoms with Crippen LogP contribution >= 0.6 is 23.7 Å². The number of thiazole rings is 1. The molecule has 2 rings (SSSR count). The Kier molecular flexibility index (Phi) is 7.46. The lowest BCUT2D eigenvalue weighted by atomic mass is 10.2. The molecule has 0 radical (unpaired) electrons. The third-order valence-corrected chi connectivity index (χ3v) is 3.65. The number of benzene rings is 1. The fraction of sp³-hybridized carbons (Fsp3) is 0.286. The fourth-order valence-corrected chi connectivity index (χ4v) is 2.35. The van der Waals surface area contributed by atoms with E-state index >= 15 is 0 Å². The lowest BCUT2D eigenvalue weighted by Crippen LogP contribution is -2.28. The Morgan fingerprint density at radius 2 is 2.12 bits per heavy atom. The predicted molar refractivity (Wildman–Crippen MR) is 86.5 cm³/mol. The van der Waals surface area contributed by atoms with Crippen LogP contribution in [0.3, 0.4) is 0 Å². The highest BCUT2D eigenvalue weighted by Crippen LogP contribution is 2.31. The van der Waals surface area contributed by atoms with Crippen LogP contribution in [0.5, 0.6) is 5.75 Å². The van der Waals surface area contributed by atoms with E-state index in [0.717, 1.165) is 12.1 Å². The van der Waals surface area contributed by atoms with Crippen molar-refractivity contribution in [2.45, 2.75) is 12.7 Å². The van der Waals surface area contributed by atoms with Crippen molar-refractivity contribution in [2.75, 3.05) is 13.2 Å². The number of ether oxygens (including phenoxy) is 1. The number of carbonyl (C=O) groups is 1. The van der Waals surface area contributed by atoms with Gasteiger partial charge in [0, 0.05) is 11.9 Å². The molecule has 0 atom stereocenters. The highest BCUT2D eigenvalue weighted by Gasteiger charge is 2.30. The van der Waals surface area contributed by atoms with Crippen LogP contribution in [0.1, 0.15) is 21.1 Å². The molecule has 0 saturated carbocycles. The molecule has 0 fully saturated rings. The van der Waals surface area contributed by atoms with E-state index in [-0.39, 0.29) is 49.5 Å². The second-order valence-corrected chi connectivity index (χ2v) is 5.40. The van der Waals surface area contributed by atoms with Crippen molar-refractivity contribution < 1.29 is 22.7 Å². The molecule has 0 saturated heterocycles. The maximum atomic E-state index is 12.6. The van der Waals surface area contributed by atoms with Gasteiger partial charge in [-0.15, -0.1) is 23.7 Å². The van der Waals surface area contributed by atoms with Gasteiger partial charge in [-0.3, -0.25) is 4.79 Å². The van der Waals surface area contributed by atoms with Crippen molar-refractivity contribution in [3.8, 4) is 5.75 Å². The summed E-state index contributed by atoms with van der Waals surface area (Å²) in [5.74, 6) is -0.290. The molecule has 1 aromatic heterocycles. The zero-order valence-corrected chi connectivity index (χ0v) is 13.9. The van der Waals surface area contributed by atoms with Crippen molar-refractivity contribution in [2.24, 2.45) is 5.73 Å². The molecule has 2 aromatic rings. The highest BCUT2D eigenvalue weighted by molar-refractivity contribution is 7.09. The van der Waals surface area contributed by atoms with Gasteiger partial charge < -0.3 is 15.8 Å². The molecule has 3 N–H and O–H groups in total. The molecule has 0 aliphatic heterocycles. The Hall–Kier alpha value is -1.84. The smallest absolute Gasteiger partial charge is 0.416 e. The van der Waals surface area contributed by atoms with Crippen molar-refractivity contribution in [1.29, 1.82) is 0 Å².